The van der Waals surface area contributed by atoms with Crippen LogP contribution in [0.1, 0.15) is 35.3 Å². The Morgan fingerprint density at radius 1 is 1.34 bits per heavy atom. The van der Waals surface area contributed by atoms with E-state index in [9.17, 15) is 9.59 Å². The van der Waals surface area contributed by atoms with Crippen LogP contribution in [0.2, 0.25) is 0 Å². The number of nitrogens with zero attached hydrogens (tertiary/aromatic N) is 3. The number of fused-ring (bicyclic) bond motifs is 2. The van der Waals surface area contributed by atoms with Crippen LogP contribution in [0.5, 0.6) is 0 Å². The number of amides is 3. The van der Waals surface area contributed by atoms with Crippen molar-refractivity contribution in [2.45, 2.75) is 24.9 Å². The van der Waals surface area contributed by atoms with E-state index in [1.165, 1.54) is 6.42 Å². The highest BCUT2D eigenvalue weighted by Gasteiger charge is 2.53. The quantitative estimate of drug-likeness (QED) is 0.716. The fourth-order valence-corrected chi connectivity index (χ4v) is 5.42. The van der Waals surface area contributed by atoms with Crippen LogP contribution in [0.4, 0.5) is 4.79 Å². The predicted molar refractivity (Wildman–Crippen MR) is 111 cm³/mol. The number of rotatable bonds is 6. The highest BCUT2D eigenvalue weighted by Crippen LogP contribution is 2.51. The van der Waals surface area contributed by atoms with Gasteiger partial charge in [-0.15, -0.1) is 12.4 Å². The summed E-state index contributed by atoms with van der Waals surface area (Å²) in [6, 6.07) is 3.81. The molecule has 2 unspecified atom stereocenters. The average Bonchev–Trinajstić information content (AvgIpc) is 3.10. The average molecular weight is 424 g/mol. The summed E-state index contributed by atoms with van der Waals surface area (Å²) in [5, 5.41) is 2.86. The van der Waals surface area contributed by atoms with Crippen LogP contribution in [0.15, 0.2) is 18.3 Å². The molecule has 1 aromatic rings. The molecule has 3 aliphatic rings. The first-order chi connectivity index (χ1) is 13.5. The maximum Gasteiger partial charge on any atom is 0.317 e. The molecule has 3 heterocycles. The van der Waals surface area contributed by atoms with E-state index >= 15 is 0 Å². The smallest absolute Gasteiger partial charge is 0.317 e. The maximum atomic E-state index is 11.8. The Bertz CT molecular complexity index is 747. The van der Waals surface area contributed by atoms with Gasteiger partial charge in [-0.05, 0) is 30.5 Å². The fraction of sp³-hybridized carbons (Fsp3) is 0.650. The van der Waals surface area contributed by atoms with Crippen LogP contribution in [0, 0.1) is 11.8 Å². The summed E-state index contributed by atoms with van der Waals surface area (Å²) in [5.41, 5.74) is 6.34. The molecule has 1 saturated carbocycles. The number of carbonyl (C=O) groups is 2. The first kappa shape index (κ1) is 21.8. The number of nitrogens with one attached hydrogen (secondary N) is 1. The van der Waals surface area contributed by atoms with Gasteiger partial charge in [0.15, 0.2) is 0 Å². The lowest BCUT2D eigenvalue weighted by Crippen LogP contribution is -2.59. The minimum atomic E-state index is -0.514. The number of carbonyl (C=O) groups excluding carboxylic acids is 2. The molecule has 0 radical (unpaired) electrons. The minimum absolute atomic E-state index is 0. The van der Waals surface area contributed by atoms with E-state index in [0.717, 1.165) is 57.7 Å². The SMILES string of the molecule is COC1(c2ccnc(C(N)=O)c2)C2CCCC1CN(CCN1CCNC1=O)C2.Cl. The van der Waals surface area contributed by atoms with Crippen LogP contribution in [-0.4, -0.2) is 73.1 Å². The van der Waals surface area contributed by atoms with Gasteiger partial charge in [0, 0.05) is 64.4 Å². The van der Waals surface area contributed by atoms with Crippen molar-refractivity contribution in [3.05, 3.63) is 29.6 Å². The molecule has 2 atom stereocenters. The fourth-order valence-electron chi connectivity index (χ4n) is 5.42. The second-order valence-electron chi connectivity index (χ2n) is 8.09. The van der Waals surface area contributed by atoms with E-state index in [-0.39, 0.29) is 24.1 Å². The number of halogens is 1. The van der Waals surface area contributed by atoms with Gasteiger partial charge >= 0.3 is 6.03 Å². The van der Waals surface area contributed by atoms with E-state index in [0.29, 0.717) is 11.8 Å². The van der Waals surface area contributed by atoms with E-state index < -0.39 is 11.5 Å². The number of pyridine rings is 1. The minimum Gasteiger partial charge on any atom is -0.373 e. The van der Waals surface area contributed by atoms with E-state index in [2.05, 4.69) is 15.2 Å². The first-order valence-corrected chi connectivity index (χ1v) is 10.1. The van der Waals surface area contributed by atoms with Crippen molar-refractivity contribution in [1.29, 1.82) is 0 Å². The number of ether oxygens (including phenoxy) is 1. The molecule has 3 fully saturated rings. The van der Waals surface area contributed by atoms with Gasteiger partial charge in [-0.25, -0.2) is 4.79 Å². The van der Waals surface area contributed by atoms with Gasteiger partial charge in [-0.3, -0.25) is 9.78 Å². The molecule has 2 saturated heterocycles. The molecular formula is C20H30ClN5O3. The zero-order valence-corrected chi connectivity index (χ0v) is 17.6. The monoisotopic (exact) mass is 423 g/mol. The summed E-state index contributed by atoms with van der Waals surface area (Å²) >= 11 is 0. The standard InChI is InChI=1S/C20H29N5O3.ClH/c1-28-20(14-5-6-22-17(11-14)18(21)26)15-3-2-4-16(20)13-24(12-15)9-10-25-8-7-23-19(25)27;/h5-6,11,15-16H,2-4,7-10,12-13H2,1H3,(H2,21,26)(H,23,27);1H. The predicted octanol–water partition coefficient (Wildman–Crippen LogP) is 1.20. The zero-order valence-electron chi connectivity index (χ0n) is 16.8. The van der Waals surface area contributed by atoms with Gasteiger partial charge in [0.2, 0.25) is 0 Å². The summed E-state index contributed by atoms with van der Waals surface area (Å²) in [7, 11) is 1.78. The van der Waals surface area contributed by atoms with Gasteiger partial charge in [-0.1, -0.05) is 6.42 Å². The largest absolute Gasteiger partial charge is 0.373 e. The van der Waals surface area contributed by atoms with Crippen molar-refractivity contribution >= 4 is 24.3 Å². The number of methoxy groups -OCH3 is 1. The van der Waals surface area contributed by atoms with Crippen molar-refractivity contribution in [3.63, 3.8) is 0 Å². The molecule has 3 amide bonds. The molecule has 8 nitrogen and oxygen atoms in total. The molecule has 2 aliphatic heterocycles. The van der Waals surface area contributed by atoms with Gasteiger partial charge in [-0.2, -0.15) is 0 Å². The van der Waals surface area contributed by atoms with Gasteiger partial charge in [0.25, 0.3) is 5.91 Å². The van der Waals surface area contributed by atoms with Crippen LogP contribution in [0.3, 0.4) is 0 Å². The molecule has 0 spiro atoms. The Kier molecular flexibility index (Phi) is 6.65. The second-order valence-corrected chi connectivity index (χ2v) is 8.09. The van der Waals surface area contributed by atoms with E-state index in [1.807, 2.05) is 11.0 Å². The van der Waals surface area contributed by atoms with Crippen LogP contribution < -0.4 is 11.1 Å². The molecule has 0 aromatic carbocycles. The highest BCUT2D eigenvalue weighted by molar-refractivity contribution is 5.90. The third-order valence-corrected chi connectivity index (χ3v) is 6.71. The molecule has 1 aromatic heterocycles. The lowest BCUT2D eigenvalue weighted by Gasteiger charge is -2.55. The van der Waals surface area contributed by atoms with Gasteiger partial charge in [0.05, 0.1) is 0 Å². The lowest BCUT2D eigenvalue weighted by molar-refractivity contribution is -0.169. The molecule has 4 rings (SSSR count). The van der Waals surface area contributed by atoms with Crippen LogP contribution in [0.25, 0.3) is 0 Å². The number of hydrogen-bond donors (Lipinski definition) is 2. The normalized spacial score (nSPS) is 29.3. The summed E-state index contributed by atoms with van der Waals surface area (Å²) in [6.45, 7) is 5.01. The summed E-state index contributed by atoms with van der Waals surface area (Å²) < 4.78 is 6.23. The number of hydrogen-bond acceptors (Lipinski definition) is 5. The van der Waals surface area contributed by atoms with Crippen molar-refractivity contribution in [3.8, 4) is 0 Å². The Morgan fingerprint density at radius 2 is 2.07 bits per heavy atom. The zero-order chi connectivity index (χ0) is 19.7. The van der Waals surface area contributed by atoms with Crippen molar-refractivity contribution in [2.75, 3.05) is 46.4 Å². The number of aromatic nitrogens is 1. The number of primary amides is 1. The van der Waals surface area contributed by atoms with Crippen LogP contribution >= 0.6 is 12.4 Å². The van der Waals surface area contributed by atoms with Crippen LogP contribution in [-0.2, 0) is 10.3 Å². The number of likely N-dealkylation sites (tertiary alicyclic amines) is 1. The number of nitrogens with two attached hydrogens (primary N) is 1. The molecule has 1 aliphatic carbocycles. The van der Waals surface area contributed by atoms with E-state index in [1.54, 1.807) is 19.4 Å². The second kappa shape index (κ2) is 8.85. The van der Waals surface area contributed by atoms with Crippen molar-refractivity contribution < 1.29 is 14.3 Å². The molecule has 2 bridgehead atoms. The summed E-state index contributed by atoms with van der Waals surface area (Å²) in [5.74, 6) is 0.153. The third kappa shape index (κ3) is 3.93. The molecule has 29 heavy (non-hydrogen) atoms. The third-order valence-electron chi connectivity index (χ3n) is 6.71. The summed E-state index contributed by atoms with van der Waals surface area (Å²) in [4.78, 5) is 31.9. The maximum absolute atomic E-state index is 11.8. The highest BCUT2D eigenvalue weighted by atomic mass is 35.5. The lowest BCUT2D eigenvalue weighted by atomic mass is 9.62. The molecule has 160 valence electrons. The first-order valence-electron chi connectivity index (χ1n) is 10.1. The molecular weight excluding hydrogens is 394 g/mol. The Hall–Kier alpha value is -1.90. The van der Waals surface area contributed by atoms with Crippen molar-refractivity contribution in [1.82, 2.24) is 20.1 Å². The Balaban J connectivity index is 0.00000240. The number of urea groups is 1. The van der Waals surface area contributed by atoms with Gasteiger partial charge < -0.3 is 25.6 Å². The summed E-state index contributed by atoms with van der Waals surface area (Å²) in [6.07, 6.45) is 5.01. The Morgan fingerprint density at radius 3 is 2.66 bits per heavy atom. The van der Waals surface area contributed by atoms with Crippen molar-refractivity contribution in [2.24, 2.45) is 17.6 Å². The number of piperidine rings is 1. The van der Waals surface area contributed by atoms with E-state index in [4.69, 9.17) is 10.5 Å². The molecule has 9 heteroatoms. The topological polar surface area (TPSA) is 101 Å². The van der Waals surface area contributed by atoms with Gasteiger partial charge in [0.1, 0.15) is 11.3 Å². The molecule has 3 N–H and O–H groups in total. The Labute approximate surface area is 177 Å².